The molecule has 6 nitrogen and oxygen atoms in total. The van der Waals surface area contributed by atoms with Crippen molar-refractivity contribution in [3.63, 3.8) is 0 Å². The van der Waals surface area contributed by atoms with Crippen molar-refractivity contribution in [2.75, 3.05) is 32.7 Å². The van der Waals surface area contributed by atoms with Crippen LogP contribution in [0.3, 0.4) is 0 Å². The molecule has 6 heteroatoms. The van der Waals surface area contributed by atoms with E-state index in [-0.39, 0.29) is 5.97 Å². The van der Waals surface area contributed by atoms with E-state index in [1.807, 2.05) is 60.7 Å². The fraction of sp³-hybridized carbons (Fsp3) is 0.129. The second-order valence-electron chi connectivity index (χ2n) is 8.64. The maximum atomic E-state index is 11.8. The molecule has 0 radical (unpaired) electrons. The van der Waals surface area contributed by atoms with Gasteiger partial charge in [-0.15, -0.1) is 0 Å². The van der Waals surface area contributed by atoms with Crippen LogP contribution in [0.4, 0.5) is 5.69 Å². The molecule has 2 N–H and O–H groups in total. The molecule has 0 saturated carbocycles. The molecule has 5 aromatic rings. The number of hydrogen-bond acceptors (Lipinski definition) is 5. The summed E-state index contributed by atoms with van der Waals surface area (Å²) in [6.07, 6.45) is 2.07. The van der Waals surface area contributed by atoms with E-state index in [0.29, 0.717) is 18.7 Å². The number of anilines is 1. The Hall–Kier alpha value is -4.71. The zero-order valence-electron chi connectivity index (χ0n) is 20.8. The van der Waals surface area contributed by atoms with Crippen molar-refractivity contribution in [2.45, 2.75) is 0 Å². The lowest BCUT2D eigenvalue weighted by Crippen LogP contribution is -2.12. The molecule has 0 unspecified atom stereocenters. The maximum absolute atomic E-state index is 11.8. The molecule has 0 aliphatic rings. The lowest BCUT2D eigenvalue weighted by molar-refractivity contribution is 0.0600. The molecule has 0 atom stereocenters. The van der Waals surface area contributed by atoms with Crippen LogP contribution < -0.4 is 14.8 Å². The highest BCUT2D eigenvalue weighted by molar-refractivity contribution is 6.09. The van der Waals surface area contributed by atoms with E-state index in [1.54, 1.807) is 19.2 Å². The molecule has 37 heavy (non-hydrogen) atoms. The largest absolute Gasteiger partial charge is 0.497 e. The number of esters is 1. The molecule has 0 amide bonds. The molecule has 1 heterocycles. The number of fused-ring (bicyclic) bond motifs is 3. The van der Waals surface area contributed by atoms with Gasteiger partial charge >= 0.3 is 5.97 Å². The normalized spacial score (nSPS) is 11.5. The predicted molar refractivity (Wildman–Crippen MR) is 149 cm³/mol. The first kappa shape index (κ1) is 24.0. The molecule has 0 aliphatic heterocycles. The van der Waals surface area contributed by atoms with E-state index in [0.717, 1.165) is 44.7 Å². The average molecular weight is 493 g/mol. The zero-order valence-corrected chi connectivity index (χ0v) is 20.8. The lowest BCUT2D eigenvalue weighted by atomic mass is 10.1. The van der Waals surface area contributed by atoms with Crippen LogP contribution in [0.5, 0.6) is 11.5 Å². The van der Waals surface area contributed by atoms with Gasteiger partial charge in [0.1, 0.15) is 18.1 Å². The minimum Gasteiger partial charge on any atom is -0.497 e. The first-order valence-electron chi connectivity index (χ1n) is 12.0. The first-order valence-corrected chi connectivity index (χ1v) is 12.0. The van der Waals surface area contributed by atoms with Gasteiger partial charge in [-0.3, -0.25) is 0 Å². The topological polar surface area (TPSA) is 72.6 Å². The summed E-state index contributed by atoms with van der Waals surface area (Å²) in [4.78, 5) is 15.3. The number of H-pyrrole nitrogens is 1. The second-order valence-corrected chi connectivity index (χ2v) is 8.64. The van der Waals surface area contributed by atoms with E-state index in [1.165, 1.54) is 12.5 Å². The highest BCUT2D eigenvalue weighted by Gasteiger charge is 2.10. The third-order valence-electron chi connectivity index (χ3n) is 6.23. The molecule has 5 rings (SSSR count). The van der Waals surface area contributed by atoms with Gasteiger partial charge in [0.05, 0.1) is 25.3 Å². The second kappa shape index (κ2) is 10.9. The van der Waals surface area contributed by atoms with Crippen molar-refractivity contribution in [3.8, 4) is 11.5 Å². The van der Waals surface area contributed by atoms with Gasteiger partial charge in [0.25, 0.3) is 0 Å². The monoisotopic (exact) mass is 492 g/mol. The summed E-state index contributed by atoms with van der Waals surface area (Å²) in [5, 5.41) is 5.77. The molecule has 0 fully saturated rings. The first-order chi connectivity index (χ1) is 18.1. The Bertz CT molecular complexity index is 1550. The Balaban J connectivity index is 1.39. The van der Waals surface area contributed by atoms with Crippen LogP contribution >= 0.6 is 0 Å². The van der Waals surface area contributed by atoms with E-state index in [2.05, 4.69) is 34.6 Å². The third kappa shape index (κ3) is 5.43. The van der Waals surface area contributed by atoms with Crippen LogP contribution in [0, 0.1) is 0 Å². The molecule has 0 spiro atoms. The standard InChI is InChI=1S/C31H28N2O4/c1-35-25-16-14-24(15-17-25)32-19-22(18-21-10-12-23(13-11-21)31(34)36-2)20-37-29-9-5-7-27-26-6-3-4-8-28(26)33-30(27)29/h3-18,32-33H,19-20H2,1-2H3. The van der Waals surface area contributed by atoms with Gasteiger partial charge in [0.15, 0.2) is 0 Å². The van der Waals surface area contributed by atoms with Gasteiger partial charge in [0.2, 0.25) is 0 Å². The van der Waals surface area contributed by atoms with Crippen LogP contribution in [-0.2, 0) is 4.74 Å². The van der Waals surface area contributed by atoms with Gasteiger partial charge in [-0.2, -0.15) is 0 Å². The molecule has 0 saturated heterocycles. The zero-order chi connectivity index (χ0) is 25.6. The SMILES string of the molecule is COC(=O)c1ccc(C=C(CNc2ccc(OC)cc2)COc2cccc3c2[nH]c2ccccc23)cc1. The number of rotatable bonds is 9. The fourth-order valence-corrected chi connectivity index (χ4v) is 4.27. The Morgan fingerprint density at radius 3 is 2.38 bits per heavy atom. The summed E-state index contributed by atoms with van der Waals surface area (Å²) in [7, 11) is 3.03. The number of ether oxygens (including phenoxy) is 3. The summed E-state index contributed by atoms with van der Waals surface area (Å²) in [5.41, 5.74) is 5.55. The summed E-state index contributed by atoms with van der Waals surface area (Å²) < 4.78 is 16.4. The van der Waals surface area contributed by atoms with Crippen LogP contribution in [0.1, 0.15) is 15.9 Å². The molecule has 4 aromatic carbocycles. The minimum atomic E-state index is -0.355. The number of nitrogens with one attached hydrogen (secondary N) is 2. The molecule has 186 valence electrons. The minimum absolute atomic E-state index is 0.355. The van der Waals surface area contributed by atoms with Crippen molar-refractivity contribution in [1.82, 2.24) is 4.98 Å². The highest BCUT2D eigenvalue weighted by Crippen LogP contribution is 2.31. The number of hydrogen-bond donors (Lipinski definition) is 2. The van der Waals surface area contributed by atoms with Gasteiger partial charge < -0.3 is 24.5 Å². The van der Waals surface area contributed by atoms with Crippen LogP contribution in [0.15, 0.2) is 96.6 Å². The van der Waals surface area contributed by atoms with E-state index in [4.69, 9.17) is 14.2 Å². The summed E-state index contributed by atoms with van der Waals surface area (Å²) in [6, 6.07) is 29.5. The summed E-state index contributed by atoms with van der Waals surface area (Å²) in [5.74, 6) is 1.25. The molecular formula is C31H28N2O4. The van der Waals surface area contributed by atoms with Crippen LogP contribution in [-0.4, -0.2) is 38.3 Å². The molecule has 1 aromatic heterocycles. The number of aromatic nitrogens is 1. The Morgan fingerprint density at radius 1 is 0.865 bits per heavy atom. The number of benzene rings is 4. The van der Waals surface area contributed by atoms with E-state index >= 15 is 0 Å². The fourth-order valence-electron chi connectivity index (χ4n) is 4.27. The number of carbonyl (C=O) groups excluding carboxylic acids is 1. The van der Waals surface area contributed by atoms with Gasteiger partial charge in [-0.05, 0) is 59.7 Å². The number of carbonyl (C=O) groups is 1. The molecule has 0 bridgehead atoms. The Labute approximate surface area is 215 Å². The molecule has 0 aliphatic carbocycles. The smallest absolute Gasteiger partial charge is 0.337 e. The Morgan fingerprint density at radius 2 is 1.62 bits per heavy atom. The van der Waals surface area contributed by atoms with Gasteiger partial charge in [0, 0.05) is 28.5 Å². The maximum Gasteiger partial charge on any atom is 0.337 e. The number of aromatic amines is 1. The van der Waals surface area contributed by atoms with Crippen molar-refractivity contribution < 1.29 is 19.0 Å². The summed E-state index contributed by atoms with van der Waals surface area (Å²) in [6.45, 7) is 0.962. The summed E-state index contributed by atoms with van der Waals surface area (Å²) >= 11 is 0. The van der Waals surface area contributed by atoms with Crippen LogP contribution in [0.2, 0.25) is 0 Å². The average Bonchev–Trinajstić information content (AvgIpc) is 3.34. The quantitative estimate of drug-likeness (QED) is 0.224. The van der Waals surface area contributed by atoms with Crippen molar-refractivity contribution in [1.29, 1.82) is 0 Å². The number of methoxy groups -OCH3 is 2. The Kier molecular flexibility index (Phi) is 7.08. The van der Waals surface area contributed by atoms with Crippen molar-refractivity contribution in [3.05, 3.63) is 108 Å². The van der Waals surface area contributed by atoms with Crippen molar-refractivity contribution >= 4 is 39.5 Å². The van der Waals surface area contributed by atoms with E-state index in [9.17, 15) is 4.79 Å². The van der Waals surface area contributed by atoms with Gasteiger partial charge in [-0.25, -0.2) is 4.79 Å². The predicted octanol–water partition coefficient (Wildman–Crippen LogP) is 6.69. The third-order valence-corrected chi connectivity index (χ3v) is 6.23. The number of para-hydroxylation sites is 2. The highest BCUT2D eigenvalue weighted by atomic mass is 16.5. The molecular weight excluding hydrogens is 464 g/mol. The lowest BCUT2D eigenvalue weighted by Gasteiger charge is -2.14. The van der Waals surface area contributed by atoms with Crippen LogP contribution in [0.25, 0.3) is 27.9 Å². The van der Waals surface area contributed by atoms with Crippen molar-refractivity contribution in [2.24, 2.45) is 0 Å². The van der Waals surface area contributed by atoms with E-state index < -0.39 is 0 Å². The van der Waals surface area contributed by atoms with Gasteiger partial charge in [-0.1, -0.05) is 48.5 Å².